The fraction of sp³-hybridized carbons (Fsp3) is 0.278. The van der Waals surface area contributed by atoms with Crippen LogP contribution in [0.4, 0.5) is 23.2 Å². The third-order valence-electron chi connectivity index (χ3n) is 3.69. The highest BCUT2D eigenvalue weighted by Gasteiger charge is 2.33. The standard InChI is InChI=1S/C18H18F4N2O/c1-2-24(15-6-4-3-5-7-15)12-17(25)23-11-13-8-9-14(19)10-16(13)18(20,21)22/h3-10H,2,11-12H2,1H3,(H,23,25). The molecule has 0 atom stereocenters. The minimum Gasteiger partial charge on any atom is -0.363 e. The van der Waals surface area contributed by atoms with Crippen LogP contribution in [0.3, 0.4) is 0 Å². The number of nitrogens with zero attached hydrogens (tertiary/aromatic N) is 1. The van der Waals surface area contributed by atoms with E-state index >= 15 is 0 Å². The van der Waals surface area contributed by atoms with E-state index in [2.05, 4.69) is 5.32 Å². The normalized spacial score (nSPS) is 11.2. The first kappa shape index (κ1) is 18.8. The number of likely N-dealkylation sites (N-methyl/N-ethyl adjacent to an activating group) is 1. The Bertz CT molecular complexity index is 717. The summed E-state index contributed by atoms with van der Waals surface area (Å²) in [5, 5.41) is 2.46. The fourth-order valence-electron chi connectivity index (χ4n) is 2.41. The number of hydrogen-bond donors (Lipinski definition) is 1. The first-order chi connectivity index (χ1) is 11.8. The number of hydrogen-bond acceptors (Lipinski definition) is 2. The van der Waals surface area contributed by atoms with E-state index in [1.807, 2.05) is 37.3 Å². The van der Waals surface area contributed by atoms with E-state index in [1.165, 1.54) is 0 Å². The van der Waals surface area contributed by atoms with Crippen molar-refractivity contribution in [3.63, 3.8) is 0 Å². The first-order valence-corrected chi connectivity index (χ1v) is 7.73. The van der Waals surface area contributed by atoms with Crippen LogP contribution in [0, 0.1) is 5.82 Å². The zero-order valence-corrected chi connectivity index (χ0v) is 13.6. The third kappa shape index (κ3) is 5.20. The summed E-state index contributed by atoms with van der Waals surface area (Å²) < 4.78 is 51.9. The molecule has 0 aromatic heterocycles. The van der Waals surface area contributed by atoms with Gasteiger partial charge in [-0.2, -0.15) is 13.2 Å². The molecule has 2 aromatic carbocycles. The molecule has 2 aromatic rings. The van der Waals surface area contributed by atoms with E-state index in [1.54, 1.807) is 4.90 Å². The van der Waals surface area contributed by atoms with Crippen molar-refractivity contribution in [1.29, 1.82) is 0 Å². The van der Waals surface area contributed by atoms with Crippen LogP contribution < -0.4 is 10.2 Å². The second-order valence-electron chi connectivity index (χ2n) is 5.43. The van der Waals surface area contributed by atoms with Gasteiger partial charge in [0, 0.05) is 18.8 Å². The Morgan fingerprint density at radius 1 is 1.12 bits per heavy atom. The molecule has 0 fully saturated rings. The highest BCUT2D eigenvalue weighted by molar-refractivity contribution is 5.81. The van der Waals surface area contributed by atoms with Gasteiger partial charge in [0.25, 0.3) is 0 Å². The Hall–Kier alpha value is -2.57. The predicted octanol–water partition coefficient (Wildman–Crippen LogP) is 3.99. The van der Waals surface area contributed by atoms with Gasteiger partial charge < -0.3 is 10.2 Å². The number of benzene rings is 2. The van der Waals surface area contributed by atoms with E-state index in [-0.39, 0.29) is 18.7 Å². The minimum absolute atomic E-state index is 0.0169. The lowest BCUT2D eigenvalue weighted by Crippen LogP contribution is -2.37. The second-order valence-corrected chi connectivity index (χ2v) is 5.43. The largest absolute Gasteiger partial charge is 0.416 e. The molecule has 0 unspecified atom stereocenters. The van der Waals surface area contributed by atoms with Crippen LogP contribution in [0.25, 0.3) is 0 Å². The maximum absolute atomic E-state index is 13.1. The zero-order valence-electron chi connectivity index (χ0n) is 13.6. The molecule has 2 rings (SSSR count). The summed E-state index contributed by atoms with van der Waals surface area (Å²) >= 11 is 0. The number of nitrogens with one attached hydrogen (secondary N) is 1. The van der Waals surface area contributed by atoms with E-state index < -0.39 is 23.5 Å². The number of halogens is 4. The van der Waals surface area contributed by atoms with Crippen LogP contribution in [-0.2, 0) is 17.5 Å². The lowest BCUT2D eigenvalue weighted by Gasteiger charge is -2.22. The van der Waals surface area contributed by atoms with Crippen molar-refractivity contribution in [1.82, 2.24) is 5.32 Å². The molecule has 0 aliphatic heterocycles. The smallest absolute Gasteiger partial charge is 0.363 e. The molecule has 0 heterocycles. The molecular weight excluding hydrogens is 336 g/mol. The van der Waals surface area contributed by atoms with Crippen LogP contribution in [0.15, 0.2) is 48.5 Å². The lowest BCUT2D eigenvalue weighted by molar-refractivity contribution is -0.138. The summed E-state index contributed by atoms with van der Waals surface area (Å²) in [6.45, 7) is 2.15. The van der Waals surface area contributed by atoms with Crippen LogP contribution in [-0.4, -0.2) is 19.0 Å². The van der Waals surface area contributed by atoms with Gasteiger partial charge in [0.2, 0.25) is 5.91 Å². The Kier molecular flexibility index (Phi) is 6.01. The van der Waals surface area contributed by atoms with E-state index in [0.717, 1.165) is 17.8 Å². The second kappa shape index (κ2) is 8.00. The lowest BCUT2D eigenvalue weighted by atomic mass is 10.1. The summed E-state index contributed by atoms with van der Waals surface area (Å²) in [4.78, 5) is 13.9. The number of anilines is 1. The Balaban J connectivity index is 2.03. The summed E-state index contributed by atoms with van der Waals surface area (Å²) in [5.41, 5.74) is -0.411. The van der Waals surface area contributed by atoms with Crippen LogP contribution >= 0.6 is 0 Å². The first-order valence-electron chi connectivity index (χ1n) is 7.73. The number of alkyl halides is 3. The average Bonchev–Trinajstić information content (AvgIpc) is 2.58. The van der Waals surface area contributed by atoms with Gasteiger partial charge in [0.05, 0.1) is 12.1 Å². The highest BCUT2D eigenvalue weighted by Crippen LogP contribution is 2.32. The molecule has 1 N–H and O–H groups in total. The number of rotatable bonds is 6. The van der Waals surface area contributed by atoms with Gasteiger partial charge in [0.1, 0.15) is 5.82 Å². The minimum atomic E-state index is -4.68. The van der Waals surface area contributed by atoms with Crippen molar-refractivity contribution in [2.45, 2.75) is 19.6 Å². The maximum Gasteiger partial charge on any atom is 0.416 e. The number of amides is 1. The molecule has 3 nitrogen and oxygen atoms in total. The molecule has 0 aliphatic rings. The molecule has 0 saturated carbocycles. The van der Waals surface area contributed by atoms with Gasteiger partial charge in [0.15, 0.2) is 0 Å². The van der Waals surface area contributed by atoms with Crippen LogP contribution in [0.2, 0.25) is 0 Å². The molecular formula is C18H18F4N2O. The van der Waals surface area contributed by atoms with Gasteiger partial charge in [-0.3, -0.25) is 4.79 Å². The van der Waals surface area contributed by atoms with Crippen molar-refractivity contribution >= 4 is 11.6 Å². The summed E-state index contributed by atoms with van der Waals surface area (Å²) in [5.74, 6) is -1.38. The average molecular weight is 354 g/mol. The number of carbonyl (C=O) groups is 1. The Labute approximate surface area is 143 Å². The van der Waals surface area contributed by atoms with Crippen molar-refractivity contribution in [2.24, 2.45) is 0 Å². The summed E-state index contributed by atoms with van der Waals surface area (Å²) in [6.07, 6.45) is -4.68. The van der Waals surface area contributed by atoms with Crippen molar-refractivity contribution in [3.05, 3.63) is 65.5 Å². The number of para-hydroxylation sites is 1. The van der Waals surface area contributed by atoms with E-state index in [0.29, 0.717) is 12.6 Å². The topological polar surface area (TPSA) is 32.3 Å². The molecule has 7 heteroatoms. The molecule has 1 amide bonds. The van der Waals surface area contributed by atoms with Crippen molar-refractivity contribution < 1.29 is 22.4 Å². The highest BCUT2D eigenvalue weighted by atomic mass is 19.4. The van der Waals surface area contributed by atoms with Gasteiger partial charge in [-0.05, 0) is 36.8 Å². The molecule has 0 radical (unpaired) electrons. The SMILES string of the molecule is CCN(CC(=O)NCc1ccc(F)cc1C(F)(F)F)c1ccccc1. The van der Waals surface area contributed by atoms with E-state index in [4.69, 9.17) is 0 Å². The quantitative estimate of drug-likeness (QED) is 0.796. The molecule has 0 spiro atoms. The van der Waals surface area contributed by atoms with E-state index in [9.17, 15) is 22.4 Å². The molecule has 0 aliphatic carbocycles. The van der Waals surface area contributed by atoms with Crippen LogP contribution in [0.1, 0.15) is 18.1 Å². The monoisotopic (exact) mass is 354 g/mol. The summed E-state index contributed by atoms with van der Waals surface area (Å²) in [6, 6.07) is 11.6. The summed E-state index contributed by atoms with van der Waals surface area (Å²) in [7, 11) is 0. The Morgan fingerprint density at radius 3 is 2.40 bits per heavy atom. The molecule has 25 heavy (non-hydrogen) atoms. The third-order valence-corrected chi connectivity index (χ3v) is 3.69. The fourth-order valence-corrected chi connectivity index (χ4v) is 2.41. The van der Waals surface area contributed by atoms with Gasteiger partial charge in [-0.25, -0.2) is 4.39 Å². The maximum atomic E-state index is 13.1. The molecule has 0 bridgehead atoms. The van der Waals surface area contributed by atoms with Crippen molar-refractivity contribution in [3.8, 4) is 0 Å². The van der Waals surface area contributed by atoms with Gasteiger partial charge >= 0.3 is 6.18 Å². The van der Waals surface area contributed by atoms with Gasteiger partial charge in [-0.1, -0.05) is 24.3 Å². The zero-order chi connectivity index (χ0) is 18.4. The predicted molar refractivity (Wildman–Crippen MR) is 87.6 cm³/mol. The molecule has 134 valence electrons. The number of carbonyl (C=O) groups excluding carboxylic acids is 1. The van der Waals surface area contributed by atoms with Gasteiger partial charge in [-0.15, -0.1) is 0 Å². The molecule has 0 saturated heterocycles. The Morgan fingerprint density at radius 2 is 1.80 bits per heavy atom. The van der Waals surface area contributed by atoms with Crippen LogP contribution in [0.5, 0.6) is 0 Å². The van der Waals surface area contributed by atoms with Crippen molar-refractivity contribution in [2.75, 3.05) is 18.0 Å².